The van der Waals surface area contributed by atoms with Crippen molar-refractivity contribution in [1.29, 1.82) is 0 Å². The summed E-state index contributed by atoms with van der Waals surface area (Å²) in [4.78, 5) is 27.1. The van der Waals surface area contributed by atoms with E-state index >= 15 is 0 Å². The molecule has 0 aliphatic heterocycles. The number of carbonyl (C=O) groups excluding carboxylic acids is 1. The van der Waals surface area contributed by atoms with Gasteiger partial charge in [0.05, 0.1) is 10.2 Å². The molecule has 26 heavy (non-hydrogen) atoms. The highest BCUT2D eigenvalue weighted by atomic mass is 35.5. The monoisotopic (exact) mass is 392 g/mol. The zero-order valence-corrected chi connectivity index (χ0v) is 16.9. The molecule has 0 saturated heterocycles. The average molecular weight is 393 g/mol. The maximum Gasteiger partial charge on any atom is 0.309 e. The molecule has 1 aliphatic carbocycles. The Morgan fingerprint density at radius 2 is 2.12 bits per heavy atom. The second kappa shape index (κ2) is 8.40. The van der Waals surface area contributed by atoms with Gasteiger partial charge in [-0.05, 0) is 50.2 Å². The first-order chi connectivity index (χ1) is 12.6. The summed E-state index contributed by atoms with van der Waals surface area (Å²) < 4.78 is 2.64. The zero-order chi connectivity index (χ0) is 18.7. The van der Waals surface area contributed by atoms with E-state index in [4.69, 9.17) is 11.6 Å². The SMILES string of the molecule is CCC1=C(N(Cn2c(=O)sc3ccccc32)C(=O)CCl)C(CC)CCC1. The number of fused-ring (bicyclic) bond motifs is 1. The van der Waals surface area contributed by atoms with Crippen LogP contribution < -0.4 is 4.87 Å². The molecule has 6 heteroatoms. The standard InChI is InChI=1S/C20H25ClN2O2S/c1-3-14-8-7-9-15(4-2)19(14)23(18(24)12-21)13-22-16-10-5-6-11-17(16)26-20(22)25/h5-6,10-11,14H,3-4,7-9,12-13H2,1-2H3. The lowest BCUT2D eigenvalue weighted by Crippen LogP contribution is -2.39. The van der Waals surface area contributed by atoms with Crippen LogP contribution >= 0.6 is 22.9 Å². The van der Waals surface area contributed by atoms with Crippen LogP contribution in [0.4, 0.5) is 0 Å². The first kappa shape index (κ1) is 19.2. The van der Waals surface area contributed by atoms with Crippen LogP contribution in [-0.2, 0) is 11.5 Å². The maximum absolute atomic E-state index is 12.8. The summed E-state index contributed by atoms with van der Waals surface area (Å²) in [6, 6.07) is 7.73. The number of halogens is 1. The lowest BCUT2D eigenvalue weighted by molar-refractivity contribution is -0.128. The third kappa shape index (κ3) is 3.60. The van der Waals surface area contributed by atoms with Crippen LogP contribution in [0.15, 0.2) is 40.3 Å². The molecule has 1 amide bonds. The summed E-state index contributed by atoms with van der Waals surface area (Å²) in [6.45, 7) is 4.55. The Balaban J connectivity index is 2.09. The van der Waals surface area contributed by atoms with Crippen LogP contribution in [0.25, 0.3) is 10.2 Å². The van der Waals surface area contributed by atoms with Gasteiger partial charge in [-0.25, -0.2) is 0 Å². The number of nitrogens with zero attached hydrogens (tertiary/aromatic N) is 2. The van der Waals surface area contributed by atoms with Gasteiger partial charge in [-0.15, -0.1) is 11.6 Å². The van der Waals surface area contributed by atoms with Crippen LogP contribution in [0.5, 0.6) is 0 Å². The number of hydrogen-bond donors (Lipinski definition) is 0. The van der Waals surface area contributed by atoms with E-state index in [1.54, 1.807) is 9.47 Å². The summed E-state index contributed by atoms with van der Waals surface area (Å²) in [6.07, 6.45) is 5.19. The van der Waals surface area contributed by atoms with Crippen LogP contribution in [0.2, 0.25) is 0 Å². The molecule has 1 aliphatic rings. The highest BCUT2D eigenvalue weighted by molar-refractivity contribution is 7.16. The van der Waals surface area contributed by atoms with Gasteiger partial charge in [-0.1, -0.05) is 42.9 Å². The fraction of sp³-hybridized carbons (Fsp3) is 0.500. The molecule has 1 heterocycles. The summed E-state index contributed by atoms with van der Waals surface area (Å²) in [5.41, 5.74) is 3.31. The number of rotatable bonds is 6. The van der Waals surface area contributed by atoms with Crippen molar-refractivity contribution in [2.75, 3.05) is 5.88 Å². The molecule has 140 valence electrons. The van der Waals surface area contributed by atoms with Crippen LogP contribution in [-0.4, -0.2) is 21.3 Å². The maximum atomic E-state index is 12.8. The average Bonchev–Trinajstić information content (AvgIpc) is 2.99. The van der Waals surface area contributed by atoms with Crippen molar-refractivity contribution in [2.24, 2.45) is 5.92 Å². The fourth-order valence-electron chi connectivity index (χ4n) is 3.93. The van der Waals surface area contributed by atoms with Gasteiger partial charge >= 0.3 is 4.87 Å². The molecule has 1 aromatic heterocycles. The summed E-state index contributed by atoms with van der Waals surface area (Å²) >= 11 is 7.17. The zero-order valence-electron chi connectivity index (χ0n) is 15.3. The second-order valence-corrected chi connectivity index (χ2v) is 7.96. The van der Waals surface area contributed by atoms with Crippen molar-refractivity contribution in [3.05, 3.63) is 45.2 Å². The molecule has 0 radical (unpaired) electrons. The van der Waals surface area contributed by atoms with Crippen LogP contribution in [0.3, 0.4) is 0 Å². The van der Waals surface area contributed by atoms with Crippen molar-refractivity contribution in [2.45, 2.75) is 52.6 Å². The number of para-hydroxylation sites is 1. The molecule has 0 N–H and O–H groups in total. The Labute approximate surface area is 163 Å². The van der Waals surface area contributed by atoms with Gasteiger partial charge in [0.1, 0.15) is 12.5 Å². The third-order valence-corrected chi connectivity index (χ3v) is 6.45. The predicted octanol–water partition coefficient (Wildman–Crippen LogP) is 4.96. The Bertz CT molecular complexity index is 883. The van der Waals surface area contributed by atoms with Crippen LogP contribution in [0, 0.1) is 5.92 Å². The van der Waals surface area contributed by atoms with Gasteiger partial charge in [0.2, 0.25) is 5.91 Å². The molecular formula is C20H25ClN2O2S. The predicted molar refractivity (Wildman–Crippen MR) is 109 cm³/mol. The third-order valence-electron chi connectivity index (χ3n) is 5.26. The van der Waals surface area contributed by atoms with Gasteiger partial charge in [0.15, 0.2) is 0 Å². The van der Waals surface area contributed by atoms with Crippen LogP contribution in [0.1, 0.15) is 46.0 Å². The summed E-state index contributed by atoms with van der Waals surface area (Å²) in [7, 11) is 0. The van der Waals surface area contributed by atoms with Crippen molar-refractivity contribution < 1.29 is 4.79 Å². The molecule has 1 aromatic carbocycles. The minimum absolute atomic E-state index is 0.0407. The first-order valence-corrected chi connectivity index (χ1v) is 10.6. The number of hydrogen-bond acceptors (Lipinski definition) is 3. The molecule has 0 bridgehead atoms. The molecule has 2 aromatic rings. The quantitative estimate of drug-likeness (QED) is 0.652. The van der Waals surface area contributed by atoms with Gasteiger partial charge in [0.25, 0.3) is 0 Å². The number of aromatic nitrogens is 1. The van der Waals surface area contributed by atoms with Crippen molar-refractivity contribution in [3.8, 4) is 0 Å². The normalized spacial score (nSPS) is 17.7. The second-order valence-electron chi connectivity index (χ2n) is 6.70. The Morgan fingerprint density at radius 3 is 2.81 bits per heavy atom. The van der Waals surface area contributed by atoms with E-state index in [0.717, 1.165) is 48.0 Å². The largest absolute Gasteiger partial charge is 0.309 e. The van der Waals surface area contributed by atoms with E-state index in [-0.39, 0.29) is 23.3 Å². The number of allylic oxidation sites excluding steroid dienone is 2. The van der Waals surface area contributed by atoms with E-state index < -0.39 is 0 Å². The number of amides is 1. The molecule has 0 saturated carbocycles. The van der Waals surface area contributed by atoms with Gasteiger partial charge in [-0.3, -0.25) is 19.1 Å². The summed E-state index contributed by atoms with van der Waals surface area (Å²) in [5, 5.41) is 0. The van der Waals surface area contributed by atoms with Crippen molar-refractivity contribution in [3.63, 3.8) is 0 Å². The molecular weight excluding hydrogens is 368 g/mol. The minimum atomic E-state index is -0.129. The van der Waals surface area contributed by atoms with E-state index in [9.17, 15) is 9.59 Å². The van der Waals surface area contributed by atoms with E-state index in [2.05, 4.69) is 13.8 Å². The lowest BCUT2D eigenvalue weighted by atomic mass is 9.83. The molecule has 1 atom stereocenters. The van der Waals surface area contributed by atoms with E-state index in [1.165, 1.54) is 16.9 Å². The number of alkyl halides is 1. The highest BCUT2D eigenvalue weighted by Crippen LogP contribution is 2.36. The topological polar surface area (TPSA) is 42.3 Å². The Hall–Kier alpha value is -1.59. The molecule has 3 rings (SSSR count). The van der Waals surface area contributed by atoms with Crippen molar-refractivity contribution >= 4 is 39.1 Å². The molecule has 4 nitrogen and oxygen atoms in total. The molecule has 0 spiro atoms. The fourth-order valence-corrected chi connectivity index (χ4v) is 4.96. The molecule has 1 unspecified atom stereocenters. The van der Waals surface area contributed by atoms with Gasteiger partial charge in [-0.2, -0.15) is 0 Å². The Kier molecular flexibility index (Phi) is 6.20. The highest BCUT2D eigenvalue weighted by Gasteiger charge is 2.29. The van der Waals surface area contributed by atoms with Gasteiger partial charge < -0.3 is 0 Å². The molecule has 0 fully saturated rings. The number of thiazole rings is 1. The smallest absolute Gasteiger partial charge is 0.296 e. The first-order valence-electron chi connectivity index (χ1n) is 9.27. The lowest BCUT2D eigenvalue weighted by Gasteiger charge is -2.36. The van der Waals surface area contributed by atoms with Gasteiger partial charge in [0, 0.05) is 5.70 Å². The number of benzene rings is 1. The van der Waals surface area contributed by atoms with Crippen molar-refractivity contribution in [1.82, 2.24) is 9.47 Å². The minimum Gasteiger partial charge on any atom is -0.296 e. The van der Waals surface area contributed by atoms with E-state index in [0.29, 0.717) is 5.92 Å². The number of carbonyl (C=O) groups is 1. The Morgan fingerprint density at radius 1 is 1.35 bits per heavy atom. The summed E-state index contributed by atoms with van der Waals surface area (Å²) in [5.74, 6) is 0.148. The van der Waals surface area contributed by atoms with E-state index in [1.807, 2.05) is 24.3 Å².